The van der Waals surface area contributed by atoms with Gasteiger partial charge in [-0.1, -0.05) is 109 Å². The van der Waals surface area contributed by atoms with Crippen molar-refractivity contribution in [2.45, 2.75) is 48.1 Å². The summed E-state index contributed by atoms with van der Waals surface area (Å²) in [6.07, 6.45) is -6.69. The van der Waals surface area contributed by atoms with Gasteiger partial charge in [0.05, 0.1) is 17.8 Å². The van der Waals surface area contributed by atoms with Crippen LogP contribution >= 0.6 is 0 Å². The van der Waals surface area contributed by atoms with Crippen LogP contribution in [-0.4, -0.2) is 72.6 Å². The van der Waals surface area contributed by atoms with Crippen molar-refractivity contribution in [2.24, 2.45) is 0 Å². The van der Waals surface area contributed by atoms with Crippen molar-refractivity contribution in [3.8, 4) is 0 Å². The Morgan fingerprint density at radius 1 is 0.783 bits per heavy atom. The van der Waals surface area contributed by atoms with Gasteiger partial charge in [-0.15, -0.1) is 0 Å². The van der Waals surface area contributed by atoms with Crippen LogP contribution in [0.1, 0.15) is 22.3 Å². The predicted molar refractivity (Wildman–Crippen MR) is 170 cm³/mol. The zero-order valence-corrected chi connectivity index (χ0v) is 27.1. The first-order chi connectivity index (χ1) is 21.9. The number of rotatable bonds is 13. The monoisotopic (exact) mass is 668 g/mol. The number of hydrogen-bond acceptors (Lipinski definition) is 10. The van der Waals surface area contributed by atoms with Gasteiger partial charge in [0, 0.05) is 7.11 Å². The molecule has 1 heterocycles. The molecule has 1 saturated heterocycles. The quantitative estimate of drug-likeness (QED) is 0.164. The maximum Gasteiger partial charge on any atom is 0.297 e. The van der Waals surface area contributed by atoms with E-state index < -0.39 is 63.2 Å². The van der Waals surface area contributed by atoms with Crippen LogP contribution in [-0.2, 0) is 48.4 Å². The Labute approximate surface area is 269 Å². The van der Waals surface area contributed by atoms with Crippen molar-refractivity contribution in [1.82, 2.24) is 0 Å². The first-order valence-corrected chi connectivity index (χ1v) is 17.7. The molecule has 0 spiro atoms. The normalized spacial score (nSPS) is 21.2. The number of ether oxygens (including phenoxy) is 3. The molecule has 0 radical (unpaired) electrons. The van der Waals surface area contributed by atoms with Crippen LogP contribution < -0.4 is 0 Å². The third kappa shape index (κ3) is 7.40. The van der Waals surface area contributed by atoms with Crippen molar-refractivity contribution in [1.29, 1.82) is 0 Å². The highest BCUT2D eigenvalue weighted by molar-refractivity contribution is 7.86. The molecular formula is C34H36O10S2. The van der Waals surface area contributed by atoms with Crippen LogP contribution in [0.3, 0.4) is 0 Å². The highest BCUT2D eigenvalue weighted by Crippen LogP contribution is 2.41. The van der Waals surface area contributed by atoms with Gasteiger partial charge >= 0.3 is 0 Å². The van der Waals surface area contributed by atoms with Crippen molar-refractivity contribution in [3.05, 3.63) is 138 Å². The molecule has 12 heteroatoms. The minimum absolute atomic E-state index is 0.133. The van der Waals surface area contributed by atoms with Crippen LogP contribution in [0.2, 0.25) is 0 Å². The molecule has 1 N–H and O–H groups in total. The summed E-state index contributed by atoms with van der Waals surface area (Å²) in [6, 6.07) is 34.2. The van der Waals surface area contributed by atoms with Crippen molar-refractivity contribution >= 4 is 20.2 Å². The number of methoxy groups -OCH3 is 1. The summed E-state index contributed by atoms with van der Waals surface area (Å²) in [5.41, 5.74) is 1.75. The zero-order chi connectivity index (χ0) is 33.0. The van der Waals surface area contributed by atoms with E-state index in [9.17, 15) is 21.9 Å². The molecule has 1 aliphatic heterocycles. The molecular weight excluding hydrogens is 632 g/mol. The maximum atomic E-state index is 13.7. The zero-order valence-electron chi connectivity index (χ0n) is 25.5. The van der Waals surface area contributed by atoms with E-state index in [1.54, 1.807) is 12.1 Å². The lowest BCUT2D eigenvalue weighted by atomic mass is 9.80. The van der Waals surface area contributed by atoms with Gasteiger partial charge < -0.3 is 19.3 Å². The number of aliphatic hydroxyl groups is 1. The summed E-state index contributed by atoms with van der Waals surface area (Å²) in [5, 5.41) is 11.0. The highest BCUT2D eigenvalue weighted by atomic mass is 32.2. The third-order valence-electron chi connectivity index (χ3n) is 7.68. The molecule has 0 aliphatic carbocycles. The third-order valence-corrected chi connectivity index (χ3v) is 9.60. The molecule has 0 amide bonds. The van der Waals surface area contributed by atoms with Crippen LogP contribution in [0.4, 0.5) is 0 Å². The second-order valence-electron chi connectivity index (χ2n) is 11.0. The van der Waals surface area contributed by atoms with Crippen molar-refractivity contribution in [3.63, 3.8) is 0 Å². The predicted octanol–water partition coefficient (Wildman–Crippen LogP) is 4.15. The average molecular weight is 669 g/mol. The van der Waals surface area contributed by atoms with Crippen molar-refractivity contribution in [2.75, 3.05) is 20.0 Å². The topological polar surface area (TPSA) is 135 Å². The molecule has 4 aromatic rings. The summed E-state index contributed by atoms with van der Waals surface area (Å²) < 4.78 is 81.0. The van der Waals surface area contributed by atoms with Gasteiger partial charge in [0.15, 0.2) is 6.29 Å². The molecule has 0 aromatic heterocycles. The molecule has 1 fully saturated rings. The Morgan fingerprint density at radius 2 is 1.26 bits per heavy atom. The van der Waals surface area contributed by atoms with Gasteiger partial charge in [-0.05, 0) is 35.7 Å². The first-order valence-electron chi connectivity index (χ1n) is 14.5. The van der Waals surface area contributed by atoms with Crippen LogP contribution in [0.5, 0.6) is 0 Å². The van der Waals surface area contributed by atoms with E-state index in [-0.39, 0.29) is 4.90 Å². The molecule has 10 nitrogen and oxygen atoms in total. The highest BCUT2D eigenvalue weighted by Gasteiger charge is 2.52. The number of aliphatic hydroxyl groups excluding tert-OH is 1. The Hall–Kier alpha value is -3.46. The average Bonchev–Trinajstić information content (AvgIpc) is 3.35. The lowest BCUT2D eigenvalue weighted by molar-refractivity contribution is -0.168. The SMILES string of the molecule is CO[C@@H]1O[C@H]([C@@H](COC(c2ccccc2)(c2ccccc2)c2ccccc2)OS(=O)(=O)c2ccc(C)cc2)[C@@H](OS(C)(=O)=O)[C@H]1O. The molecule has 46 heavy (non-hydrogen) atoms. The van der Waals surface area contributed by atoms with Gasteiger partial charge in [0.25, 0.3) is 20.2 Å². The van der Waals surface area contributed by atoms with Gasteiger partial charge in [0.1, 0.15) is 30.0 Å². The van der Waals surface area contributed by atoms with E-state index in [0.717, 1.165) is 28.5 Å². The number of benzene rings is 4. The molecule has 4 aromatic carbocycles. The molecule has 0 unspecified atom stereocenters. The Balaban J connectivity index is 1.64. The minimum atomic E-state index is -4.47. The van der Waals surface area contributed by atoms with Gasteiger partial charge in [-0.25, -0.2) is 0 Å². The molecule has 1 aliphatic rings. The Bertz CT molecular complexity index is 1690. The number of aryl methyl sites for hydroxylation is 1. The molecule has 5 rings (SSSR count). The first kappa shape index (κ1) is 33.9. The van der Waals surface area contributed by atoms with E-state index in [2.05, 4.69) is 0 Å². The lowest BCUT2D eigenvalue weighted by Gasteiger charge is -2.38. The summed E-state index contributed by atoms with van der Waals surface area (Å²) in [4.78, 5) is -0.133. The van der Waals surface area contributed by atoms with Crippen LogP contribution in [0, 0.1) is 6.92 Å². The van der Waals surface area contributed by atoms with E-state index >= 15 is 0 Å². The number of hydrogen-bond donors (Lipinski definition) is 1. The van der Waals surface area contributed by atoms with Crippen LogP contribution in [0.25, 0.3) is 0 Å². The second-order valence-corrected chi connectivity index (χ2v) is 14.1. The Kier molecular flexibility index (Phi) is 10.4. The molecule has 0 saturated carbocycles. The smallest absolute Gasteiger partial charge is 0.297 e. The maximum absolute atomic E-state index is 13.7. The van der Waals surface area contributed by atoms with E-state index in [4.69, 9.17) is 22.6 Å². The summed E-state index contributed by atoms with van der Waals surface area (Å²) in [5.74, 6) is 0. The minimum Gasteiger partial charge on any atom is -0.385 e. The van der Waals surface area contributed by atoms with E-state index in [0.29, 0.717) is 0 Å². The molecule has 244 valence electrons. The van der Waals surface area contributed by atoms with Gasteiger partial charge in [0.2, 0.25) is 0 Å². The summed E-state index contributed by atoms with van der Waals surface area (Å²) in [6.45, 7) is 1.36. The van der Waals surface area contributed by atoms with Gasteiger partial charge in [-0.3, -0.25) is 8.37 Å². The van der Waals surface area contributed by atoms with Crippen LogP contribution in [0.15, 0.2) is 120 Å². The van der Waals surface area contributed by atoms with Gasteiger partial charge in [-0.2, -0.15) is 16.8 Å². The summed E-state index contributed by atoms with van der Waals surface area (Å²) >= 11 is 0. The molecule has 0 bridgehead atoms. The summed E-state index contributed by atoms with van der Waals surface area (Å²) in [7, 11) is -7.37. The van der Waals surface area contributed by atoms with E-state index in [1.165, 1.54) is 19.2 Å². The largest absolute Gasteiger partial charge is 0.385 e. The standard InChI is InChI=1S/C34H36O10S2/c1-24-19-21-28(22-20-24)46(38,39)43-29(31-32(44-45(3,36)37)30(35)33(40-2)42-31)23-41-34(25-13-7-4-8-14-25,26-15-9-5-10-16-26)27-17-11-6-12-18-27/h4-22,29-33,35H,23H2,1-3H3/t29-,30-,31-,32+,33-/m1/s1. The fraction of sp³-hybridized carbons (Fsp3) is 0.294. The lowest BCUT2D eigenvalue weighted by Crippen LogP contribution is -2.47. The fourth-order valence-electron chi connectivity index (χ4n) is 5.55. The van der Waals surface area contributed by atoms with E-state index in [1.807, 2.05) is 97.9 Å². The fourth-order valence-corrected chi connectivity index (χ4v) is 7.24. The molecule has 5 atom stereocenters. The van der Waals surface area contributed by atoms with Crippen molar-refractivity contribution < 1.29 is 44.5 Å². The second kappa shape index (κ2) is 14.1. The Morgan fingerprint density at radius 3 is 1.70 bits per heavy atom.